The lowest BCUT2D eigenvalue weighted by molar-refractivity contribution is -0.137. The molecule has 4 nitrogen and oxygen atoms in total. The van der Waals surface area contributed by atoms with Gasteiger partial charge in [-0.3, -0.25) is 4.79 Å². The number of carbonyl (C=O) groups is 1. The van der Waals surface area contributed by atoms with Crippen molar-refractivity contribution in [2.24, 2.45) is 0 Å². The van der Waals surface area contributed by atoms with Gasteiger partial charge in [0.2, 0.25) is 0 Å². The van der Waals surface area contributed by atoms with Gasteiger partial charge in [0.1, 0.15) is 0 Å². The first-order valence-electron chi connectivity index (χ1n) is 5.33. The molecule has 0 aromatic carbocycles. The molecule has 0 aliphatic rings. The van der Waals surface area contributed by atoms with Crippen LogP contribution in [-0.2, 0) is 9.63 Å². The van der Waals surface area contributed by atoms with Crippen molar-refractivity contribution < 1.29 is 14.7 Å². The fourth-order valence-corrected chi connectivity index (χ4v) is 1.18. The van der Waals surface area contributed by atoms with E-state index < -0.39 is 5.97 Å². The van der Waals surface area contributed by atoms with E-state index in [0.29, 0.717) is 13.0 Å². The molecule has 0 amide bonds. The van der Waals surface area contributed by atoms with Crippen LogP contribution in [-0.4, -0.2) is 24.2 Å². The highest BCUT2D eigenvalue weighted by atomic mass is 16.6. The number of hydrogen-bond acceptors (Lipinski definition) is 3. The Bertz CT molecular complexity index is 139. The van der Waals surface area contributed by atoms with Crippen LogP contribution < -0.4 is 5.48 Å². The number of rotatable bonds is 10. The van der Waals surface area contributed by atoms with Gasteiger partial charge in [0.05, 0.1) is 6.61 Å². The van der Waals surface area contributed by atoms with Crippen LogP contribution in [0.15, 0.2) is 0 Å². The van der Waals surface area contributed by atoms with Crippen LogP contribution in [0, 0.1) is 0 Å². The Balaban J connectivity index is 2.88. The molecule has 0 radical (unpaired) electrons. The van der Waals surface area contributed by atoms with Gasteiger partial charge in [0, 0.05) is 13.0 Å². The average molecular weight is 203 g/mol. The number of unbranched alkanes of at least 4 members (excludes halogenated alkanes) is 4. The number of nitrogens with one attached hydrogen (secondary N) is 1. The zero-order chi connectivity index (χ0) is 10.6. The highest BCUT2D eigenvalue weighted by molar-refractivity contribution is 5.66. The summed E-state index contributed by atoms with van der Waals surface area (Å²) in [6.07, 6.45) is 5.46. The van der Waals surface area contributed by atoms with Crippen molar-refractivity contribution in [3.05, 3.63) is 0 Å². The maximum Gasteiger partial charge on any atom is 0.303 e. The number of carboxylic acid groups (broad SMARTS) is 1. The molecule has 14 heavy (non-hydrogen) atoms. The summed E-state index contributed by atoms with van der Waals surface area (Å²) >= 11 is 0. The smallest absolute Gasteiger partial charge is 0.303 e. The van der Waals surface area contributed by atoms with Gasteiger partial charge >= 0.3 is 5.97 Å². The summed E-state index contributed by atoms with van der Waals surface area (Å²) in [5.41, 5.74) is 2.85. The zero-order valence-electron chi connectivity index (χ0n) is 8.92. The standard InChI is InChI=1S/C10H21NO3/c1-2-14-11-9-7-5-3-4-6-8-10(12)13/h11H,2-9H2,1H3,(H,12,13). The lowest BCUT2D eigenvalue weighted by atomic mass is 10.1. The van der Waals surface area contributed by atoms with Crippen LogP contribution in [0.5, 0.6) is 0 Å². The second kappa shape index (κ2) is 10.5. The predicted molar refractivity (Wildman–Crippen MR) is 55.0 cm³/mol. The third kappa shape index (κ3) is 11.4. The SMILES string of the molecule is CCONCCCCCCCC(=O)O. The highest BCUT2D eigenvalue weighted by Crippen LogP contribution is 2.04. The number of hydroxylamine groups is 1. The first kappa shape index (κ1) is 13.4. The first-order valence-corrected chi connectivity index (χ1v) is 5.33. The Kier molecular flexibility index (Phi) is 10.0. The maximum atomic E-state index is 10.2. The van der Waals surface area contributed by atoms with Crippen LogP contribution in [0.4, 0.5) is 0 Å². The van der Waals surface area contributed by atoms with Crippen molar-refractivity contribution in [1.29, 1.82) is 0 Å². The fourth-order valence-electron chi connectivity index (χ4n) is 1.18. The third-order valence-electron chi connectivity index (χ3n) is 1.92. The molecule has 2 N–H and O–H groups in total. The molecule has 0 aromatic rings. The monoisotopic (exact) mass is 203 g/mol. The second-order valence-corrected chi connectivity index (χ2v) is 3.24. The van der Waals surface area contributed by atoms with Crippen molar-refractivity contribution in [3.8, 4) is 0 Å². The summed E-state index contributed by atoms with van der Waals surface area (Å²) in [6, 6.07) is 0. The molecule has 0 atom stereocenters. The largest absolute Gasteiger partial charge is 0.481 e. The first-order chi connectivity index (χ1) is 6.77. The Hall–Kier alpha value is -0.610. The summed E-state index contributed by atoms with van der Waals surface area (Å²) in [6.45, 7) is 3.52. The van der Waals surface area contributed by atoms with Gasteiger partial charge in [-0.1, -0.05) is 19.3 Å². The highest BCUT2D eigenvalue weighted by Gasteiger charge is 1.96. The van der Waals surface area contributed by atoms with E-state index in [1.54, 1.807) is 0 Å². The molecule has 0 unspecified atom stereocenters. The maximum absolute atomic E-state index is 10.2. The Labute approximate surface area is 85.6 Å². The van der Waals surface area contributed by atoms with E-state index in [0.717, 1.165) is 38.6 Å². The molecule has 0 fully saturated rings. The molecule has 0 aliphatic heterocycles. The minimum Gasteiger partial charge on any atom is -0.481 e. The van der Waals surface area contributed by atoms with E-state index in [2.05, 4.69) is 5.48 Å². The molecule has 0 aromatic heterocycles. The topological polar surface area (TPSA) is 58.6 Å². The van der Waals surface area contributed by atoms with Crippen molar-refractivity contribution >= 4 is 5.97 Å². The molecule has 0 heterocycles. The second-order valence-electron chi connectivity index (χ2n) is 3.24. The van der Waals surface area contributed by atoms with E-state index in [-0.39, 0.29) is 0 Å². The molecular weight excluding hydrogens is 182 g/mol. The lowest BCUT2D eigenvalue weighted by Crippen LogP contribution is -2.15. The molecule has 0 saturated carbocycles. The van der Waals surface area contributed by atoms with Gasteiger partial charge in [-0.15, -0.1) is 0 Å². The van der Waals surface area contributed by atoms with Gasteiger partial charge < -0.3 is 9.94 Å². The lowest BCUT2D eigenvalue weighted by Gasteiger charge is -2.02. The van der Waals surface area contributed by atoms with E-state index in [9.17, 15) is 4.79 Å². The Morgan fingerprint density at radius 3 is 2.50 bits per heavy atom. The molecular formula is C10H21NO3. The summed E-state index contributed by atoms with van der Waals surface area (Å²) in [5.74, 6) is -0.692. The van der Waals surface area contributed by atoms with Gasteiger partial charge in [0.25, 0.3) is 0 Å². The van der Waals surface area contributed by atoms with E-state index in [1.165, 1.54) is 0 Å². The molecule has 0 spiro atoms. The molecule has 4 heteroatoms. The van der Waals surface area contributed by atoms with Crippen LogP contribution in [0.3, 0.4) is 0 Å². The molecule has 0 bridgehead atoms. The summed E-state index contributed by atoms with van der Waals surface area (Å²) < 4.78 is 0. The quantitative estimate of drug-likeness (QED) is 0.421. The summed E-state index contributed by atoms with van der Waals surface area (Å²) in [5, 5.41) is 8.39. The van der Waals surface area contributed by atoms with Gasteiger partial charge in [-0.2, -0.15) is 0 Å². The van der Waals surface area contributed by atoms with Crippen molar-refractivity contribution in [3.63, 3.8) is 0 Å². The van der Waals surface area contributed by atoms with Gasteiger partial charge in [-0.05, 0) is 19.8 Å². The van der Waals surface area contributed by atoms with Gasteiger partial charge in [0.15, 0.2) is 0 Å². The minimum absolute atomic E-state index is 0.303. The van der Waals surface area contributed by atoms with E-state index in [1.807, 2.05) is 6.92 Å². The van der Waals surface area contributed by atoms with Gasteiger partial charge in [-0.25, -0.2) is 5.48 Å². The third-order valence-corrected chi connectivity index (χ3v) is 1.92. The molecule has 84 valence electrons. The fraction of sp³-hybridized carbons (Fsp3) is 0.900. The van der Waals surface area contributed by atoms with E-state index >= 15 is 0 Å². The summed E-state index contributed by atoms with van der Waals surface area (Å²) in [7, 11) is 0. The van der Waals surface area contributed by atoms with Crippen LogP contribution in [0.25, 0.3) is 0 Å². The number of hydrogen-bond donors (Lipinski definition) is 2. The van der Waals surface area contributed by atoms with Crippen molar-refractivity contribution in [2.45, 2.75) is 45.4 Å². The van der Waals surface area contributed by atoms with E-state index in [4.69, 9.17) is 9.94 Å². The van der Waals surface area contributed by atoms with Crippen molar-refractivity contribution in [1.82, 2.24) is 5.48 Å². The molecule has 0 aliphatic carbocycles. The average Bonchev–Trinajstić information content (AvgIpc) is 2.15. The minimum atomic E-state index is -0.692. The van der Waals surface area contributed by atoms with Crippen LogP contribution in [0.1, 0.15) is 45.4 Å². The van der Waals surface area contributed by atoms with Crippen LogP contribution in [0.2, 0.25) is 0 Å². The molecule has 0 rings (SSSR count). The number of carboxylic acids is 1. The predicted octanol–water partition coefficient (Wildman–Crippen LogP) is 1.95. The van der Waals surface area contributed by atoms with Crippen molar-refractivity contribution in [2.75, 3.05) is 13.2 Å². The molecule has 0 saturated heterocycles. The Morgan fingerprint density at radius 1 is 1.21 bits per heavy atom. The van der Waals surface area contributed by atoms with Crippen LogP contribution >= 0.6 is 0 Å². The summed E-state index contributed by atoms with van der Waals surface area (Å²) in [4.78, 5) is 15.1. The zero-order valence-corrected chi connectivity index (χ0v) is 8.92. The number of aliphatic carboxylic acids is 1. The normalized spacial score (nSPS) is 10.4. The Morgan fingerprint density at radius 2 is 1.86 bits per heavy atom.